The first kappa shape index (κ1) is 14.6. The Hall–Kier alpha value is -2.53. The highest BCUT2D eigenvalue weighted by Gasteiger charge is 2.87. The standard InChI is InChI=1S/C21H19NO4/c1-24-19(23)18-17-14-9-5-6-10-15(14)25-12-20(17)11-16-21(18,26-20)22(16)13-7-3-2-4-8-13/h2-10,16-18H,11-12H2,1H3/t16-,17+,18-,20-,21-,22?/m0/s1. The molecule has 2 bridgehead atoms. The lowest BCUT2D eigenvalue weighted by Crippen LogP contribution is -2.47. The van der Waals surface area contributed by atoms with Crippen molar-refractivity contribution in [3.05, 3.63) is 60.2 Å². The SMILES string of the molecule is COC(=O)[C@@H]1[C@H]2c3ccccc3OC[C@@]23C[C@@H]2N(c4ccccc4)[C@@]12O3. The van der Waals surface area contributed by atoms with E-state index in [1.165, 1.54) is 7.11 Å². The van der Waals surface area contributed by atoms with Gasteiger partial charge in [0.15, 0.2) is 5.72 Å². The molecule has 0 aromatic heterocycles. The van der Waals surface area contributed by atoms with Gasteiger partial charge in [0.25, 0.3) is 0 Å². The number of methoxy groups -OCH3 is 1. The van der Waals surface area contributed by atoms with Crippen LogP contribution in [0, 0.1) is 5.92 Å². The van der Waals surface area contributed by atoms with Gasteiger partial charge in [0, 0.05) is 23.6 Å². The molecule has 3 fully saturated rings. The summed E-state index contributed by atoms with van der Waals surface area (Å²) in [7, 11) is 1.47. The largest absolute Gasteiger partial charge is 0.490 e. The van der Waals surface area contributed by atoms with Gasteiger partial charge in [-0.2, -0.15) is 0 Å². The lowest BCUT2D eigenvalue weighted by molar-refractivity contribution is -0.148. The van der Waals surface area contributed by atoms with E-state index in [4.69, 9.17) is 14.2 Å². The number of hydrogen-bond donors (Lipinski definition) is 0. The summed E-state index contributed by atoms with van der Waals surface area (Å²) in [4.78, 5) is 15.2. The Morgan fingerprint density at radius 1 is 1.15 bits per heavy atom. The average Bonchev–Trinajstić information content (AvgIpc) is 3.03. The smallest absolute Gasteiger partial charge is 0.314 e. The molecule has 0 radical (unpaired) electrons. The maximum absolute atomic E-state index is 12.9. The second-order valence-corrected chi connectivity index (χ2v) is 7.65. The third-order valence-corrected chi connectivity index (χ3v) is 6.56. The molecule has 0 saturated carbocycles. The number of hydrogen-bond acceptors (Lipinski definition) is 5. The number of rotatable bonds is 2. The maximum atomic E-state index is 12.9. The Morgan fingerprint density at radius 2 is 1.92 bits per heavy atom. The molecule has 0 amide bonds. The number of esters is 1. The van der Waals surface area contributed by atoms with E-state index in [2.05, 4.69) is 23.1 Å². The molecule has 2 aromatic carbocycles. The van der Waals surface area contributed by atoms with E-state index in [9.17, 15) is 4.79 Å². The first-order chi connectivity index (χ1) is 12.7. The summed E-state index contributed by atoms with van der Waals surface area (Å²) in [5, 5.41) is 0. The Balaban J connectivity index is 1.51. The van der Waals surface area contributed by atoms with Crippen LogP contribution in [0.2, 0.25) is 0 Å². The quantitative estimate of drug-likeness (QED) is 0.616. The molecule has 3 saturated heterocycles. The van der Waals surface area contributed by atoms with Gasteiger partial charge < -0.3 is 19.1 Å². The van der Waals surface area contributed by atoms with Crippen molar-refractivity contribution in [2.75, 3.05) is 18.6 Å². The van der Waals surface area contributed by atoms with Crippen LogP contribution < -0.4 is 9.64 Å². The zero-order valence-electron chi connectivity index (χ0n) is 14.4. The second kappa shape index (κ2) is 4.60. The van der Waals surface area contributed by atoms with Crippen molar-refractivity contribution in [1.82, 2.24) is 0 Å². The van der Waals surface area contributed by atoms with Crippen LogP contribution in [0.1, 0.15) is 17.9 Å². The van der Waals surface area contributed by atoms with Crippen LogP contribution in [0.3, 0.4) is 0 Å². The molecule has 5 heteroatoms. The van der Waals surface area contributed by atoms with Crippen LogP contribution in [-0.2, 0) is 14.3 Å². The number of ether oxygens (including phenoxy) is 3. The van der Waals surface area contributed by atoms with Crippen LogP contribution >= 0.6 is 0 Å². The first-order valence-corrected chi connectivity index (χ1v) is 9.05. The summed E-state index contributed by atoms with van der Waals surface area (Å²) in [5.74, 6) is 0.270. The van der Waals surface area contributed by atoms with Crippen LogP contribution in [0.25, 0.3) is 0 Å². The van der Waals surface area contributed by atoms with Gasteiger partial charge in [0.05, 0.1) is 13.2 Å². The predicted octanol–water partition coefficient (Wildman–Crippen LogP) is 2.71. The van der Waals surface area contributed by atoms with Gasteiger partial charge in [-0.1, -0.05) is 36.4 Å². The number of anilines is 1. The Morgan fingerprint density at radius 3 is 2.73 bits per heavy atom. The molecule has 0 aliphatic carbocycles. The lowest BCUT2D eigenvalue weighted by Gasteiger charge is -2.39. The highest BCUT2D eigenvalue weighted by molar-refractivity contribution is 5.82. The molecule has 2 spiro atoms. The van der Waals surface area contributed by atoms with Gasteiger partial charge in [0.2, 0.25) is 0 Å². The minimum atomic E-state index is -0.611. The second-order valence-electron chi connectivity index (χ2n) is 7.65. The average molecular weight is 349 g/mol. The monoisotopic (exact) mass is 349 g/mol. The summed E-state index contributed by atoms with van der Waals surface area (Å²) >= 11 is 0. The fourth-order valence-electron chi connectivity index (χ4n) is 5.66. The van der Waals surface area contributed by atoms with Crippen LogP contribution in [0.15, 0.2) is 54.6 Å². The summed E-state index contributed by atoms with van der Waals surface area (Å²) < 4.78 is 18.0. The molecule has 132 valence electrons. The highest BCUT2D eigenvalue weighted by Crippen LogP contribution is 2.74. The van der Waals surface area contributed by atoms with Gasteiger partial charge in [-0.05, 0) is 18.2 Å². The molecule has 0 N–H and O–H groups in total. The molecule has 4 heterocycles. The normalized spacial score (nSPS) is 38.0. The van der Waals surface area contributed by atoms with Gasteiger partial charge >= 0.3 is 5.97 Å². The van der Waals surface area contributed by atoms with Crippen molar-refractivity contribution in [1.29, 1.82) is 0 Å². The van der Waals surface area contributed by atoms with E-state index in [-0.39, 0.29) is 23.8 Å². The Kier molecular flexibility index (Phi) is 2.58. The zero-order valence-corrected chi connectivity index (χ0v) is 14.4. The van der Waals surface area contributed by atoms with Crippen molar-refractivity contribution < 1.29 is 19.0 Å². The highest BCUT2D eigenvalue weighted by atomic mass is 16.6. The molecular formula is C21H19NO4. The maximum Gasteiger partial charge on any atom is 0.314 e. The molecule has 4 aliphatic heterocycles. The minimum Gasteiger partial charge on any atom is -0.490 e. The van der Waals surface area contributed by atoms with Crippen molar-refractivity contribution in [3.63, 3.8) is 0 Å². The zero-order chi connectivity index (χ0) is 17.5. The van der Waals surface area contributed by atoms with Crippen LogP contribution in [-0.4, -0.2) is 37.1 Å². The van der Waals surface area contributed by atoms with E-state index >= 15 is 0 Å². The third kappa shape index (κ3) is 1.50. The molecule has 5 nitrogen and oxygen atoms in total. The lowest BCUT2D eigenvalue weighted by atomic mass is 9.67. The number of para-hydroxylation sites is 2. The van der Waals surface area contributed by atoms with Crippen molar-refractivity contribution in [2.45, 2.75) is 29.7 Å². The summed E-state index contributed by atoms with van der Waals surface area (Å²) in [6, 6.07) is 18.4. The van der Waals surface area contributed by atoms with Gasteiger partial charge in [-0.15, -0.1) is 0 Å². The molecule has 0 unspecified atom stereocenters. The van der Waals surface area contributed by atoms with Gasteiger partial charge in [-0.3, -0.25) is 4.79 Å². The molecule has 26 heavy (non-hydrogen) atoms. The summed E-state index contributed by atoms with van der Waals surface area (Å²) in [6.07, 6.45) is 0.869. The van der Waals surface area contributed by atoms with E-state index in [0.717, 1.165) is 23.4 Å². The van der Waals surface area contributed by atoms with Gasteiger partial charge in [-0.25, -0.2) is 0 Å². The minimum absolute atomic E-state index is 0.0372. The molecule has 6 rings (SSSR count). The number of nitrogens with zero attached hydrogens (tertiary/aromatic N) is 1. The third-order valence-electron chi connectivity index (χ3n) is 6.56. The van der Waals surface area contributed by atoms with Crippen molar-refractivity contribution >= 4 is 11.7 Å². The fraction of sp³-hybridized carbons (Fsp3) is 0.381. The molecular weight excluding hydrogens is 330 g/mol. The summed E-state index contributed by atoms with van der Waals surface area (Å²) in [6.45, 7) is 0.489. The van der Waals surface area contributed by atoms with Crippen LogP contribution in [0.5, 0.6) is 5.75 Å². The van der Waals surface area contributed by atoms with E-state index in [1.807, 2.05) is 36.4 Å². The topological polar surface area (TPSA) is 47.8 Å². The molecule has 5 atom stereocenters. The van der Waals surface area contributed by atoms with E-state index in [1.54, 1.807) is 0 Å². The number of carbonyl (C=O) groups excluding carboxylic acids is 1. The van der Waals surface area contributed by atoms with E-state index in [0.29, 0.717) is 6.61 Å². The molecule has 4 aliphatic rings. The van der Waals surface area contributed by atoms with Crippen molar-refractivity contribution in [2.24, 2.45) is 5.92 Å². The number of carbonyl (C=O) groups is 1. The van der Waals surface area contributed by atoms with Crippen molar-refractivity contribution in [3.8, 4) is 5.75 Å². The number of benzene rings is 2. The Bertz CT molecular complexity index is 915. The predicted molar refractivity (Wildman–Crippen MR) is 94.1 cm³/mol. The Labute approximate surface area is 151 Å². The van der Waals surface area contributed by atoms with Gasteiger partial charge in [0.1, 0.15) is 23.9 Å². The number of fused-ring (bicyclic) bond motifs is 2. The van der Waals surface area contributed by atoms with E-state index < -0.39 is 11.3 Å². The fourth-order valence-corrected chi connectivity index (χ4v) is 5.66. The first-order valence-electron chi connectivity index (χ1n) is 9.05. The van der Waals surface area contributed by atoms with Crippen LogP contribution in [0.4, 0.5) is 5.69 Å². The molecule has 2 aromatic rings. The summed E-state index contributed by atoms with van der Waals surface area (Å²) in [5.41, 5.74) is 1.10.